The third kappa shape index (κ3) is 3.89. The maximum Gasteiger partial charge on any atom is 0.248 e. The summed E-state index contributed by atoms with van der Waals surface area (Å²) in [4.78, 5) is 0. The number of hydrogen-bond donors (Lipinski definition) is 0. The second-order valence-corrected chi connectivity index (χ2v) is 9.97. The molecule has 0 unspecified atom stereocenters. The fraction of sp³-hybridized carbons (Fsp3) is 0.188. The zero-order chi connectivity index (χ0) is 24.8. The molecule has 0 atom stereocenters. The Balaban J connectivity index is 1.44. The Morgan fingerprint density at radius 1 is 0.556 bits per heavy atom. The molecular weight excluding hydrogens is 444 g/mol. The summed E-state index contributed by atoms with van der Waals surface area (Å²) in [6, 6.07) is 29.2. The van der Waals surface area contributed by atoms with E-state index in [9.17, 15) is 0 Å². The summed E-state index contributed by atoms with van der Waals surface area (Å²) in [6.45, 7) is 8.91. The third-order valence-electron chi connectivity index (χ3n) is 6.84. The van der Waals surface area contributed by atoms with Gasteiger partial charge in [0.1, 0.15) is 11.2 Å². The Labute approximate surface area is 210 Å². The predicted molar refractivity (Wildman–Crippen MR) is 146 cm³/mol. The van der Waals surface area contributed by atoms with Gasteiger partial charge >= 0.3 is 0 Å². The molecule has 4 heteroatoms. The Kier molecular flexibility index (Phi) is 5.45. The number of benzene rings is 4. The lowest BCUT2D eigenvalue weighted by Gasteiger charge is -2.10. The van der Waals surface area contributed by atoms with Crippen molar-refractivity contribution in [2.24, 2.45) is 0 Å². The number of nitrogens with zero attached hydrogens (tertiary/aromatic N) is 2. The van der Waals surface area contributed by atoms with Gasteiger partial charge in [-0.2, -0.15) is 0 Å². The molecule has 178 valence electrons. The molecule has 0 amide bonds. The summed E-state index contributed by atoms with van der Waals surface area (Å²) in [5, 5.41) is 10.8. The van der Waals surface area contributed by atoms with Crippen molar-refractivity contribution in [3.63, 3.8) is 0 Å². The van der Waals surface area contributed by atoms with Crippen molar-refractivity contribution in [1.29, 1.82) is 0 Å². The standard InChI is InChI=1S/C32H28N2O2/c1-19(2)24-14-15-29-27(16-24)28-18-25(20(3)4)17-26(30(28)35-29)21-10-12-23(13-11-21)32-34-33-31(36-32)22-8-6-5-7-9-22/h5-20H,1-4H3. The molecule has 0 N–H and O–H groups in total. The quantitative estimate of drug-likeness (QED) is 0.251. The summed E-state index contributed by atoms with van der Waals surface area (Å²) in [5.41, 5.74) is 8.45. The highest BCUT2D eigenvalue weighted by atomic mass is 16.4. The van der Waals surface area contributed by atoms with E-state index in [1.807, 2.05) is 42.5 Å². The second kappa shape index (κ2) is 8.80. The summed E-state index contributed by atoms with van der Waals surface area (Å²) in [7, 11) is 0. The molecule has 0 bridgehead atoms. The molecule has 4 nitrogen and oxygen atoms in total. The summed E-state index contributed by atoms with van der Waals surface area (Å²) in [5.74, 6) is 1.89. The first-order chi connectivity index (χ1) is 17.5. The monoisotopic (exact) mass is 472 g/mol. The molecule has 36 heavy (non-hydrogen) atoms. The molecule has 2 heterocycles. The van der Waals surface area contributed by atoms with Crippen molar-refractivity contribution in [3.05, 3.63) is 96.1 Å². The van der Waals surface area contributed by atoms with E-state index in [1.165, 1.54) is 21.9 Å². The highest BCUT2D eigenvalue weighted by Gasteiger charge is 2.17. The van der Waals surface area contributed by atoms with E-state index >= 15 is 0 Å². The maximum atomic E-state index is 6.43. The van der Waals surface area contributed by atoms with Crippen molar-refractivity contribution in [2.45, 2.75) is 39.5 Å². The van der Waals surface area contributed by atoms with Crippen LogP contribution in [0.5, 0.6) is 0 Å². The highest BCUT2D eigenvalue weighted by molar-refractivity contribution is 6.10. The van der Waals surface area contributed by atoms with E-state index in [0.29, 0.717) is 23.6 Å². The molecule has 0 spiro atoms. The Bertz CT molecular complexity index is 1670. The van der Waals surface area contributed by atoms with Gasteiger partial charge in [-0.1, -0.05) is 64.1 Å². The van der Waals surface area contributed by atoms with Gasteiger partial charge in [-0.05, 0) is 77.1 Å². The lowest BCUT2D eigenvalue weighted by atomic mass is 9.93. The average molecular weight is 473 g/mol. The number of rotatable bonds is 5. The number of fused-ring (bicyclic) bond motifs is 3. The van der Waals surface area contributed by atoms with E-state index in [-0.39, 0.29) is 0 Å². The molecule has 4 aromatic carbocycles. The van der Waals surface area contributed by atoms with Gasteiger partial charge in [0.05, 0.1) is 0 Å². The average Bonchev–Trinajstić information content (AvgIpc) is 3.54. The summed E-state index contributed by atoms with van der Waals surface area (Å²) >= 11 is 0. The molecule has 2 aromatic heterocycles. The van der Waals surface area contributed by atoms with Gasteiger partial charge in [0.2, 0.25) is 11.8 Å². The topological polar surface area (TPSA) is 52.1 Å². The lowest BCUT2D eigenvalue weighted by molar-refractivity contribution is 0.584. The predicted octanol–water partition coefficient (Wildman–Crippen LogP) is 9.22. The van der Waals surface area contributed by atoms with Crippen LogP contribution in [0, 0.1) is 0 Å². The van der Waals surface area contributed by atoms with E-state index in [4.69, 9.17) is 8.83 Å². The van der Waals surface area contributed by atoms with Crippen LogP contribution in [0.3, 0.4) is 0 Å². The van der Waals surface area contributed by atoms with Gasteiger partial charge in [0, 0.05) is 27.5 Å². The molecule has 0 radical (unpaired) electrons. The van der Waals surface area contributed by atoms with Gasteiger partial charge in [-0.25, -0.2) is 0 Å². The molecule has 0 saturated heterocycles. The first-order valence-electron chi connectivity index (χ1n) is 12.5. The molecule has 6 rings (SSSR count). The van der Waals surface area contributed by atoms with Crippen LogP contribution in [0.4, 0.5) is 0 Å². The lowest BCUT2D eigenvalue weighted by Crippen LogP contribution is -1.90. The SMILES string of the molecule is CC(C)c1ccc2oc3c(-c4ccc(-c5nnc(-c6ccccc6)o5)cc4)cc(C(C)C)cc3c2c1. The zero-order valence-corrected chi connectivity index (χ0v) is 20.9. The maximum absolute atomic E-state index is 6.43. The van der Waals surface area contributed by atoms with E-state index in [0.717, 1.165) is 33.4 Å². The minimum atomic E-state index is 0.403. The second-order valence-electron chi connectivity index (χ2n) is 9.97. The van der Waals surface area contributed by atoms with Crippen molar-refractivity contribution in [2.75, 3.05) is 0 Å². The zero-order valence-electron chi connectivity index (χ0n) is 20.9. The molecule has 6 aromatic rings. The molecule has 0 aliphatic carbocycles. The smallest absolute Gasteiger partial charge is 0.248 e. The van der Waals surface area contributed by atoms with E-state index < -0.39 is 0 Å². The van der Waals surface area contributed by atoms with Gasteiger partial charge in [-0.15, -0.1) is 10.2 Å². The Morgan fingerprint density at radius 2 is 1.17 bits per heavy atom. The van der Waals surface area contributed by atoms with Gasteiger partial charge in [-0.3, -0.25) is 0 Å². The molecule has 0 fully saturated rings. The van der Waals surface area contributed by atoms with Gasteiger partial charge in [0.15, 0.2) is 0 Å². The van der Waals surface area contributed by atoms with E-state index in [2.05, 4.69) is 80.4 Å². The van der Waals surface area contributed by atoms with E-state index in [1.54, 1.807) is 0 Å². The fourth-order valence-corrected chi connectivity index (χ4v) is 4.65. The molecule has 0 aliphatic heterocycles. The summed E-state index contributed by atoms with van der Waals surface area (Å²) < 4.78 is 12.4. The van der Waals surface area contributed by atoms with Crippen LogP contribution in [0.1, 0.15) is 50.7 Å². The van der Waals surface area contributed by atoms with Crippen molar-refractivity contribution >= 4 is 21.9 Å². The number of aromatic nitrogens is 2. The highest BCUT2D eigenvalue weighted by Crippen LogP contribution is 2.40. The van der Waals surface area contributed by atoms with Crippen molar-refractivity contribution in [1.82, 2.24) is 10.2 Å². The number of furan rings is 1. The van der Waals surface area contributed by atoms with Gasteiger partial charge in [0.25, 0.3) is 0 Å². The first-order valence-corrected chi connectivity index (χ1v) is 12.5. The van der Waals surface area contributed by atoms with Crippen molar-refractivity contribution in [3.8, 4) is 34.0 Å². The minimum Gasteiger partial charge on any atom is -0.455 e. The number of hydrogen-bond acceptors (Lipinski definition) is 4. The normalized spacial score (nSPS) is 11.8. The Hall–Kier alpha value is -4.18. The third-order valence-corrected chi connectivity index (χ3v) is 6.84. The van der Waals surface area contributed by atoms with Crippen LogP contribution < -0.4 is 0 Å². The van der Waals surface area contributed by atoms with Crippen LogP contribution in [-0.2, 0) is 0 Å². The summed E-state index contributed by atoms with van der Waals surface area (Å²) in [6.07, 6.45) is 0. The van der Waals surface area contributed by atoms with Crippen LogP contribution in [-0.4, -0.2) is 10.2 Å². The minimum absolute atomic E-state index is 0.403. The van der Waals surface area contributed by atoms with Crippen molar-refractivity contribution < 1.29 is 8.83 Å². The molecule has 0 saturated carbocycles. The van der Waals surface area contributed by atoms with Crippen LogP contribution in [0.15, 0.2) is 93.8 Å². The largest absolute Gasteiger partial charge is 0.455 e. The van der Waals surface area contributed by atoms with Gasteiger partial charge < -0.3 is 8.83 Å². The molecule has 0 aliphatic rings. The Morgan fingerprint density at radius 3 is 1.83 bits per heavy atom. The van der Waals surface area contributed by atoms with Crippen LogP contribution in [0.2, 0.25) is 0 Å². The molecular formula is C32H28N2O2. The van der Waals surface area contributed by atoms with Crippen LogP contribution in [0.25, 0.3) is 56.0 Å². The van der Waals surface area contributed by atoms with Crippen LogP contribution >= 0.6 is 0 Å². The first kappa shape index (κ1) is 22.3. The fourth-order valence-electron chi connectivity index (χ4n) is 4.65.